The molecule has 0 saturated carbocycles. The number of likely N-dealkylation sites (tertiary alicyclic amines) is 2. The third kappa shape index (κ3) is 4.53. The monoisotopic (exact) mass is 407 g/mol. The van der Waals surface area contributed by atoms with Crippen molar-refractivity contribution in [2.75, 3.05) is 52.1 Å². The average Bonchev–Trinajstić information content (AvgIpc) is 3.10. The maximum Gasteiger partial charge on any atom is 0.211 e. The highest BCUT2D eigenvalue weighted by Crippen LogP contribution is 2.36. The molecule has 1 aromatic carbocycles. The van der Waals surface area contributed by atoms with Gasteiger partial charge in [0.15, 0.2) is 0 Å². The van der Waals surface area contributed by atoms with E-state index in [4.69, 9.17) is 4.74 Å². The molecule has 6 nitrogen and oxygen atoms in total. The molecule has 1 spiro atoms. The number of aryl methyl sites for hydroxylation is 1. The van der Waals surface area contributed by atoms with Crippen LogP contribution in [0.1, 0.15) is 36.8 Å². The summed E-state index contributed by atoms with van der Waals surface area (Å²) in [5, 5.41) is 0. The van der Waals surface area contributed by atoms with Gasteiger partial charge in [-0.3, -0.25) is 0 Å². The van der Waals surface area contributed by atoms with Crippen molar-refractivity contribution in [2.45, 2.75) is 44.8 Å². The Morgan fingerprint density at radius 3 is 2.32 bits per heavy atom. The Morgan fingerprint density at radius 1 is 1.04 bits per heavy atom. The third-order valence-electron chi connectivity index (χ3n) is 6.52. The molecular formula is C21H33N3O3S. The summed E-state index contributed by atoms with van der Waals surface area (Å²) in [4.78, 5) is 5.06. The topological polar surface area (TPSA) is 53.1 Å². The molecule has 156 valence electrons. The fourth-order valence-electron chi connectivity index (χ4n) is 4.73. The second-order valence-electron chi connectivity index (χ2n) is 8.82. The molecule has 0 radical (unpaired) electrons. The van der Waals surface area contributed by atoms with E-state index >= 15 is 0 Å². The van der Waals surface area contributed by atoms with E-state index in [9.17, 15) is 8.42 Å². The second-order valence-corrected chi connectivity index (χ2v) is 10.8. The summed E-state index contributed by atoms with van der Waals surface area (Å²) in [5.74, 6) is 0.849. The Balaban J connectivity index is 1.47. The minimum absolute atomic E-state index is 0.399. The zero-order valence-electron chi connectivity index (χ0n) is 17.2. The van der Waals surface area contributed by atoms with Gasteiger partial charge >= 0.3 is 0 Å². The molecule has 7 heteroatoms. The molecule has 28 heavy (non-hydrogen) atoms. The number of piperidine rings is 1. The van der Waals surface area contributed by atoms with Crippen LogP contribution < -0.4 is 4.74 Å². The first-order chi connectivity index (χ1) is 13.3. The Morgan fingerprint density at radius 2 is 1.68 bits per heavy atom. The van der Waals surface area contributed by atoms with Crippen molar-refractivity contribution >= 4 is 10.0 Å². The van der Waals surface area contributed by atoms with Gasteiger partial charge in [0.1, 0.15) is 11.4 Å². The van der Waals surface area contributed by atoms with E-state index in [0.717, 1.165) is 55.9 Å². The summed E-state index contributed by atoms with van der Waals surface area (Å²) >= 11 is 0. The lowest BCUT2D eigenvalue weighted by molar-refractivity contribution is -0.00681. The average molecular weight is 408 g/mol. The van der Waals surface area contributed by atoms with E-state index in [-0.39, 0.29) is 0 Å². The lowest BCUT2D eigenvalue weighted by atomic mass is 9.91. The van der Waals surface area contributed by atoms with Gasteiger partial charge in [-0.1, -0.05) is 17.7 Å². The number of rotatable bonds is 4. The number of benzene rings is 1. The van der Waals surface area contributed by atoms with Crippen molar-refractivity contribution in [2.24, 2.45) is 0 Å². The molecule has 0 amide bonds. The second kappa shape index (κ2) is 7.94. The van der Waals surface area contributed by atoms with Gasteiger partial charge in [0.25, 0.3) is 0 Å². The van der Waals surface area contributed by atoms with Crippen molar-refractivity contribution < 1.29 is 13.2 Å². The number of hydrogen-bond donors (Lipinski definition) is 0. The predicted molar refractivity (Wildman–Crippen MR) is 111 cm³/mol. The number of hydrogen-bond acceptors (Lipinski definition) is 5. The van der Waals surface area contributed by atoms with Crippen LogP contribution in [-0.4, -0.2) is 80.2 Å². The van der Waals surface area contributed by atoms with Crippen molar-refractivity contribution in [3.05, 3.63) is 29.3 Å². The summed E-state index contributed by atoms with van der Waals surface area (Å²) in [5.41, 5.74) is 1.68. The van der Waals surface area contributed by atoms with Crippen LogP contribution in [0.5, 0.6) is 5.75 Å². The Hall–Kier alpha value is -1.15. The van der Waals surface area contributed by atoms with E-state index in [0.29, 0.717) is 13.1 Å². The molecule has 2 fully saturated rings. The minimum atomic E-state index is -3.28. The van der Waals surface area contributed by atoms with Crippen LogP contribution in [0.2, 0.25) is 0 Å². The summed E-state index contributed by atoms with van der Waals surface area (Å²) in [6.07, 6.45) is 5.71. The van der Waals surface area contributed by atoms with Crippen molar-refractivity contribution in [1.82, 2.24) is 14.1 Å². The summed E-state index contributed by atoms with van der Waals surface area (Å²) in [7, 11) is -3.28. The normalized spacial score (nSPS) is 24.1. The molecular weight excluding hydrogens is 374 g/mol. The van der Waals surface area contributed by atoms with Crippen LogP contribution in [0, 0.1) is 6.92 Å². The molecule has 0 bridgehead atoms. The molecule has 0 atom stereocenters. The zero-order valence-corrected chi connectivity index (χ0v) is 18.0. The molecule has 3 heterocycles. The van der Waals surface area contributed by atoms with E-state index in [1.54, 1.807) is 4.31 Å². The van der Waals surface area contributed by atoms with E-state index in [1.807, 2.05) is 19.1 Å². The fraction of sp³-hybridized carbons (Fsp3) is 0.714. The van der Waals surface area contributed by atoms with Crippen LogP contribution >= 0.6 is 0 Å². The number of ether oxygens (including phenoxy) is 1. The van der Waals surface area contributed by atoms with Crippen LogP contribution in [0.4, 0.5) is 0 Å². The predicted octanol–water partition coefficient (Wildman–Crippen LogP) is 2.08. The highest BCUT2D eigenvalue weighted by molar-refractivity contribution is 7.88. The summed E-state index contributed by atoms with van der Waals surface area (Å²) < 4.78 is 33.0. The molecule has 0 aromatic heterocycles. The largest absolute Gasteiger partial charge is 0.485 e. The summed E-state index contributed by atoms with van der Waals surface area (Å²) in [6, 6.07) is 6.11. The smallest absolute Gasteiger partial charge is 0.211 e. The SMILES string of the molecule is Cc1ccc2c(c1)CN(S(C)(=O)=O)CC1(CCN(CCN3CCCC3)CC1)O2. The van der Waals surface area contributed by atoms with Crippen molar-refractivity contribution in [1.29, 1.82) is 0 Å². The highest BCUT2D eigenvalue weighted by Gasteiger charge is 2.42. The van der Waals surface area contributed by atoms with Crippen LogP contribution in [0.3, 0.4) is 0 Å². The van der Waals surface area contributed by atoms with Gasteiger partial charge in [-0.2, -0.15) is 4.31 Å². The van der Waals surface area contributed by atoms with Gasteiger partial charge in [-0.15, -0.1) is 0 Å². The van der Waals surface area contributed by atoms with Crippen LogP contribution in [0.15, 0.2) is 18.2 Å². The number of nitrogens with zero attached hydrogens (tertiary/aromatic N) is 3. The maximum absolute atomic E-state index is 12.4. The first-order valence-corrected chi connectivity index (χ1v) is 12.4. The van der Waals surface area contributed by atoms with E-state index in [2.05, 4.69) is 15.9 Å². The Bertz CT molecular complexity index is 797. The zero-order chi connectivity index (χ0) is 19.8. The molecule has 4 rings (SSSR count). The quantitative estimate of drug-likeness (QED) is 0.765. The van der Waals surface area contributed by atoms with Gasteiger partial charge in [0.2, 0.25) is 10.0 Å². The first kappa shape index (κ1) is 20.1. The maximum atomic E-state index is 12.4. The molecule has 1 aromatic rings. The fourth-order valence-corrected chi connectivity index (χ4v) is 5.58. The van der Waals surface area contributed by atoms with Gasteiger partial charge in [-0.05, 0) is 38.9 Å². The first-order valence-electron chi connectivity index (χ1n) is 10.5. The Kier molecular flexibility index (Phi) is 5.71. The highest BCUT2D eigenvalue weighted by atomic mass is 32.2. The molecule has 3 aliphatic heterocycles. The number of fused-ring (bicyclic) bond motifs is 1. The van der Waals surface area contributed by atoms with Gasteiger partial charge in [0.05, 0.1) is 12.8 Å². The van der Waals surface area contributed by atoms with Gasteiger partial charge in [0, 0.05) is 51.1 Å². The van der Waals surface area contributed by atoms with Gasteiger partial charge in [-0.25, -0.2) is 8.42 Å². The lowest BCUT2D eigenvalue weighted by Gasteiger charge is -2.42. The standard InChI is InChI=1S/C21H33N3O3S/c1-18-5-6-20-19(15-18)16-24(28(2,25)26)17-21(27-20)7-11-23(12-8-21)14-13-22-9-3-4-10-22/h5-6,15H,3-4,7-14,16-17H2,1-2H3. The molecule has 2 saturated heterocycles. The molecule has 0 aliphatic carbocycles. The number of sulfonamides is 1. The molecule has 3 aliphatic rings. The van der Waals surface area contributed by atoms with Crippen LogP contribution in [-0.2, 0) is 16.6 Å². The van der Waals surface area contributed by atoms with E-state index in [1.165, 1.54) is 32.2 Å². The van der Waals surface area contributed by atoms with Gasteiger partial charge < -0.3 is 14.5 Å². The Labute approximate surface area is 169 Å². The minimum Gasteiger partial charge on any atom is -0.485 e. The van der Waals surface area contributed by atoms with Crippen molar-refractivity contribution in [3.8, 4) is 5.75 Å². The third-order valence-corrected chi connectivity index (χ3v) is 7.72. The van der Waals surface area contributed by atoms with Crippen molar-refractivity contribution in [3.63, 3.8) is 0 Å². The summed E-state index contributed by atoms with van der Waals surface area (Å²) in [6.45, 7) is 9.52. The van der Waals surface area contributed by atoms with Crippen LogP contribution in [0.25, 0.3) is 0 Å². The van der Waals surface area contributed by atoms with E-state index < -0.39 is 15.6 Å². The molecule has 0 unspecified atom stereocenters. The molecule has 0 N–H and O–H groups in total. The lowest BCUT2D eigenvalue weighted by Crippen LogP contribution is -2.54.